The topological polar surface area (TPSA) is 23.5 Å². The number of benzene rings is 2. The lowest BCUT2D eigenvalue weighted by atomic mass is 9.76. The molecule has 2 nitrogen and oxygen atoms in total. The lowest BCUT2D eigenvalue weighted by molar-refractivity contribution is 0.456. The van der Waals surface area contributed by atoms with Gasteiger partial charge in [0.25, 0.3) is 0 Å². The Bertz CT molecular complexity index is 1100. The molecule has 1 aliphatic rings. The smallest absolute Gasteiger partial charge is 0.121 e. The molecule has 0 aromatic heterocycles. The lowest BCUT2D eigenvalue weighted by Gasteiger charge is -2.28. The molecule has 31 heavy (non-hydrogen) atoms. The van der Waals surface area contributed by atoms with Crippen LogP contribution in [0.5, 0.6) is 5.75 Å². The SMILES string of the molecule is C=C(/C=C/C=C/C=C1/N(C)c2c(Br)ccc(O)c2C1(C)C)C(C)(C)c1ccccc1C. The molecule has 0 bridgehead atoms. The lowest BCUT2D eigenvalue weighted by Crippen LogP contribution is -2.22. The Morgan fingerprint density at radius 2 is 1.77 bits per heavy atom. The van der Waals surface area contributed by atoms with Crippen molar-refractivity contribution in [3.8, 4) is 5.75 Å². The number of phenols is 1. The van der Waals surface area contributed by atoms with Crippen LogP contribution < -0.4 is 4.90 Å². The minimum atomic E-state index is -0.289. The van der Waals surface area contributed by atoms with Gasteiger partial charge in [-0.15, -0.1) is 0 Å². The van der Waals surface area contributed by atoms with E-state index in [4.69, 9.17) is 0 Å². The number of aryl methyl sites for hydroxylation is 1. The van der Waals surface area contributed by atoms with Gasteiger partial charge in [0.05, 0.1) is 5.69 Å². The molecule has 0 unspecified atom stereocenters. The monoisotopic (exact) mass is 477 g/mol. The predicted molar refractivity (Wildman–Crippen MR) is 137 cm³/mol. The summed E-state index contributed by atoms with van der Waals surface area (Å²) in [6, 6.07) is 12.1. The molecule has 1 heterocycles. The van der Waals surface area contributed by atoms with Crippen molar-refractivity contribution in [1.82, 2.24) is 0 Å². The van der Waals surface area contributed by atoms with Crippen LogP contribution in [0.15, 0.2) is 89.1 Å². The minimum absolute atomic E-state index is 0.132. The van der Waals surface area contributed by atoms with E-state index in [9.17, 15) is 5.11 Å². The van der Waals surface area contributed by atoms with E-state index in [-0.39, 0.29) is 10.8 Å². The zero-order valence-corrected chi connectivity index (χ0v) is 20.9. The highest BCUT2D eigenvalue weighted by Crippen LogP contribution is 2.53. The third-order valence-corrected chi connectivity index (χ3v) is 7.10. The zero-order chi connectivity index (χ0) is 23.0. The number of rotatable bonds is 5. The largest absolute Gasteiger partial charge is 0.508 e. The summed E-state index contributed by atoms with van der Waals surface area (Å²) in [7, 11) is 2.04. The van der Waals surface area contributed by atoms with Crippen molar-refractivity contribution >= 4 is 21.6 Å². The van der Waals surface area contributed by atoms with Crippen LogP contribution in [-0.2, 0) is 10.8 Å². The summed E-state index contributed by atoms with van der Waals surface area (Å²) in [6.45, 7) is 15.2. The van der Waals surface area contributed by atoms with E-state index in [1.54, 1.807) is 6.07 Å². The van der Waals surface area contributed by atoms with Gasteiger partial charge in [-0.2, -0.15) is 0 Å². The molecule has 1 aliphatic heterocycles. The van der Waals surface area contributed by atoms with Crippen LogP contribution in [0, 0.1) is 6.92 Å². The average molecular weight is 478 g/mol. The summed E-state index contributed by atoms with van der Waals surface area (Å²) >= 11 is 3.63. The summed E-state index contributed by atoms with van der Waals surface area (Å²) in [5.41, 5.74) is 6.33. The molecule has 0 saturated carbocycles. The quantitative estimate of drug-likeness (QED) is 0.445. The first-order valence-electron chi connectivity index (χ1n) is 10.6. The van der Waals surface area contributed by atoms with Crippen molar-refractivity contribution in [2.24, 2.45) is 0 Å². The molecule has 3 heteroatoms. The first-order chi connectivity index (χ1) is 14.5. The molecular formula is C28H32BrNO. The third kappa shape index (κ3) is 4.16. The summed E-state index contributed by atoms with van der Waals surface area (Å²) in [5, 5.41) is 10.5. The molecule has 3 rings (SSSR count). The van der Waals surface area contributed by atoms with Gasteiger partial charge in [0.2, 0.25) is 0 Å². The third-order valence-electron chi connectivity index (χ3n) is 6.46. The fourth-order valence-corrected chi connectivity index (χ4v) is 5.12. The average Bonchev–Trinajstić information content (AvgIpc) is 2.91. The number of allylic oxidation sites excluding steroid dienone is 7. The van der Waals surface area contributed by atoms with Crippen molar-refractivity contribution < 1.29 is 5.11 Å². The summed E-state index contributed by atoms with van der Waals surface area (Å²) in [5.74, 6) is 0.331. The van der Waals surface area contributed by atoms with Crippen LogP contribution in [-0.4, -0.2) is 12.2 Å². The van der Waals surface area contributed by atoms with Gasteiger partial charge in [-0.05, 0) is 57.8 Å². The van der Waals surface area contributed by atoms with Gasteiger partial charge in [0, 0.05) is 33.6 Å². The highest BCUT2D eigenvalue weighted by molar-refractivity contribution is 9.10. The second-order valence-electron chi connectivity index (χ2n) is 9.24. The minimum Gasteiger partial charge on any atom is -0.508 e. The van der Waals surface area contributed by atoms with Crippen LogP contribution in [0.4, 0.5) is 5.69 Å². The van der Waals surface area contributed by atoms with Crippen LogP contribution in [0.2, 0.25) is 0 Å². The maximum Gasteiger partial charge on any atom is 0.121 e. The predicted octanol–water partition coefficient (Wildman–Crippen LogP) is 7.72. The van der Waals surface area contributed by atoms with Gasteiger partial charge in [-0.25, -0.2) is 0 Å². The summed E-state index contributed by atoms with van der Waals surface area (Å²) < 4.78 is 0.984. The van der Waals surface area contributed by atoms with Crippen LogP contribution in [0.3, 0.4) is 0 Å². The Kier molecular flexibility index (Phi) is 6.38. The van der Waals surface area contributed by atoms with E-state index >= 15 is 0 Å². The molecule has 0 spiro atoms. The van der Waals surface area contributed by atoms with Crippen molar-refractivity contribution in [2.45, 2.75) is 45.4 Å². The van der Waals surface area contributed by atoms with E-state index in [1.807, 2.05) is 25.3 Å². The Hall–Kier alpha value is -2.52. The fraction of sp³-hybridized carbons (Fsp3) is 0.286. The first-order valence-corrected chi connectivity index (χ1v) is 11.4. The van der Waals surface area contributed by atoms with Gasteiger partial charge in [0.15, 0.2) is 0 Å². The Morgan fingerprint density at radius 3 is 2.42 bits per heavy atom. The molecule has 0 fully saturated rings. The molecular weight excluding hydrogens is 446 g/mol. The Balaban J connectivity index is 1.80. The number of hydrogen-bond acceptors (Lipinski definition) is 2. The molecule has 0 aliphatic carbocycles. The maximum atomic E-state index is 10.5. The molecule has 2 aromatic rings. The summed E-state index contributed by atoms with van der Waals surface area (Å²) in [6.07, 6.45) is 10.3. The van der Waals surface area contributed by atoms with Gasteiger partial charge in [-0.1, -0.05) is 82.8 Å². The Labute approximate surface area is 195 Å². The molecule has 0 amide bonds. The van der Waals surface area contributed by atoms with Crippen molar-refractivity contribution in [3.63, 3.8) is 0 Å². The molecule has 0 atom stereocenters. The molecule has 162 valence electrons. The van der Waals surface area contributed by atoms with E-state index in [2.05, 4.69) is 105 Å². The zero-order valence-electron chi connectivity index (χ0n) is 19.3. The molecule has 1 N–H and O–H groups in total. The number of anilines is 1. The van der Waals surface area contributed by atoms with Gasteiger partial charge >= 0.3 is 0 Å². The maximum absolute atomic E-state index is 10.5. The molecule has 0 radical (unpaired) electrons. The van der Waals surface area contributed by atoms with E-state index < -0.39 is 0 Å². The highest BCUT2D eigenvalue weighted by Gasteiger charge is 2.41. The van der Waals surface area contributed by atoms with Crippen molar-refractivity contribution in [3.05, 3.63) is 106 Å². The number of likely N-dealkylation sites (N-methyl/N-ethyl adjacent to an activating group) is 1. The van der Waals surface area contributed by atoms with Gasteiger partial charge < -0.3 is 10.0 Å². The van der Waals surface area contributed by atoms with Crippen molar-refractivity contribution in [1.29, 1.82) is 0 Å². The molecule has 0 saturated heterocycles. The van der Waals surface area contributed by atoms with E-state index in [1.165, 1.54) is 11.1 Å². The number of halogens is 1. The van der Waals surface area contributed by atoms with E-state index in [0.29, 0.717) is 5.75 Å². The number of nitrogens with zero attached hydrogens (tertiary/aromatic N) is 1. The fourth-order valence-electron chi connectivity index (χ4n) is 4.53. The number of phenolic OH excluding ortho intramolecular Hbond substituents is 1. The first kappa shape index (κ1) is 23.1. The second kappa shape index (κ2) is 8.55. The van der Waals surface area contributed by atoms with Crippen molar-refractivity contribution in [2.75, 3.05) is 11.9 Å². The number of hydrogen-bond donors (Lipinski definition) is 1. The second-order valence-corrected chi connectivity index (χ2v) is 10.1. The van der Waals surface area contributed by atoms with Crippen LogP contribution in [0.25, 0.3) is 0 Å². The van der Waals surface area contributed by atoms with Gasteiger partial charge in [0.1, 0.15) is 5.75 Å². The standard InChI is InChI=1S/C28H32BrNO/c1-19-13-11-12-15-21(19)27(3,4)20(2)14-9-8-10-16-24-28(5,6)25-23(31)18-17-22(29)26(25)30(24)7/h8-18,31H,2H2,1,3-7H3/b10-8+,14-9+,24-16+. The van der Waals surface area contributed by atoms with Gasteiger partial charge in [-0.3, -0.25) is 0 Å². The number of fused-ring (bicyclic) bond motifs is 1. The molecule has 2 aromatic carbocycles. The normalized spacial score (nSPS) is 17.1. The number of aromatic hydroxyl groups is 1. The van der Waals surface area contributed by atoms with E-state index in [0.717, 1.165) is 27.0 Å². The Morgan fingerprint density at radius 1 is 1.10 bits per heavy atom. The van der Waals surface area contributed by atoms with Crippen LogP contribution in [0.1, 0.15) is 44.4 Å². The highest BCUT2D eigenvalue weighted by atomic mass is 79.9. The van der Waals surface area contributed by atoms with Crippen LogP contribution >= 0.6 is 15.9 Å². The summed E-state index contributed by atoms with van der Waals surface area (Å²) in [4.78, 5) is 2.15.